The topological polar surface area (TPSA) is 39.2 Å². The van der Waals surface area contributed by atoms with Crippen molar-refractivity contribution in [1.29, 1.82) is 0 Å². The molecule has 1 aliphatic carbocycles. The summed E-state index contributed by atoms with van der Waals surface area (Å²) in [6.45, 7) is 0.713. The number of halogens is 1. The van der Waals surface area contributed by atoms with E-state index in [4.69, 9.17) is 21.8 Å². The highest BCUT2D eigenvalue weighted by atomic mass is 35.5. The summed E-state index contributed by atoms with van der Waals surface area (Å²) in [5, 5.41) is 2.09. The van der Waals surface area contributed by atoms with Crippen LogP contribution < -0.4 is 5.73 Å². The lowest BCUT2D eigenvalue weighted by atomic mass is 9.82. The summed E-state index contributed by atoms with van der Waals surface area (Å²) in [6.07, 6.45) is 5.07. The number of furan rings is 1. The Kier molecular flexibility index (Phi) is 2.41. The van der Waals surface area contributed by atoms with Crippen molar-refractivity contribution in [3.05, 3.63) is 34.5 Å². The molecule has 3 heteroatoms. The van der Waals surface area contributed by atoms with Gasteiger partial charge in [-0.2, -0.15) is 0 Å². The average molecular weight is 236 g/mol. The second-order valence-electron chi connectivity index (χ2n) is 4.41. The van der Waals surface area contributed by atoms with Crippen molar-refractivity contribution in [2.75, 3.05) is 6.54 Å². The molecular weight excluding hydrogens is 222 g/mol. The van der Waals surface area contributed by atoms with Crippen LogP contribution in [-0.2, 0) is 6.42 Å². The Bertz CT molecular complexity index is 532. The molecule has 0 radical (unpaired) electrons. The van der Waals surface area contributed by atoms with E-state index in [0.29, 0.717) is 12.5 Å². The summed E-state index contributed by atoms with van der Waals surface area (Å²) >= 11 is 6.31. The van der Waals surface area contributed by atoms with Crippen LogP contribution in [0.4, 0.5) is 0 Å². The van der Waals surface area contributed by atoms with E-state index >= 15 is 0 Å². The lowest BCUT2D eigenvalue weighted by molar-refractivity contribution is 0.573. The van der Waals surface area contributed by atoms with Gasteiger partial charge >= 0.3 is 0 Å². The molecule has 2 aromatic rings. The predicted molar refractivity (Wildman–Crippen MR) is 66.0 cm³/mol. The second kappa shape index (κ2) is 3.79. The van der Waals surface area contributed by atoms with E-state index < -0.39 is 0 Å². The lowest BCUT2D eigenvalue weighted by Crippen LogP contribution is -2.12. The normalized spacial score (nSPS) is 19.2. The van der Waals surface area contributed by atoms with E-state index in [-0.39, 0.29) is 0 Å². The molecule has 1 aromatic heterocycles. The van der Waals surface area contributed by atoms with Crippen LogP contribution >= 0.6 is 11.6 Å². The van der Waals surface area contributed by atoms with Crippen molar-refractivity contribution >= 4 is 22.6 Å². The first-order valence-corrected chi connectivity index (χ1v) is 6.07. The SMILES string of the molecule is NCCC1CCc2coc3ccc(Cl)c1c23. The van der Waals surface area contributed by atoms with Crippen molar-refractivity contribution in [1.82, 2.24) is 0 Å². The zero-order valence-corrected chi connectivity index (χ0v) is 9.76. The fourth-order valence-corrected chi connectivity index (χ4v) is 3.06. The summed E-state index contributed by atoms with van der Waals surface area (Å²) in [5.74, 6) is 0.492. The summed E-state index contributed by atoms with van der Waals surface area (Å²) in [6, 6.07) is 3.89. The highest BCUT2D eigenvalue weighted by molar-refractivity contribution is 6.32. The van der Waals surface area contributed by atoms with Crippen LogP contribution in [0.2, 0.25) is 5.02 Å². The molecule has 0 saturated heterocycles. The van der Waals surface area contributed by atoms with E-state index in [9.17, 15) is 0 Å². The van der Waals surface area contributed by atoms with E-state index in [0.717, 1.165) is 29.9 Å². The Morgan fingerprint density at radius 3 is 3.12 bits per heavy atom. The lowest BCUT2D eigenvalue weighted by Gasteiger charge is -2.23. The molecule has 16 heavy (non-hydrogen) atoms. The van der Waals surface area contributed by atoms with Gasteiger partial charge in [0.25, 0.3) is 0 Å². The second-order valence-corrected chi connectivity index (χ2v) is 4.82. The van der Waals surface area contributed by atoms with Crippen LogP contribution in [0.25, 0.3) is 11.0 Å². The summed E-state index contributed by atoms with van der Waals surface area (Å²) in [5.41, 5.74) is 9.16. The van der Waals surface area contributed by atoms with Crippen molar-refractivity contribution in [2.24, 2.45) is 5.73 Å². The fourth-order valence-electron chi connectivity index (χ4n) is 2.74. The molecule has 1 heterocycles. The van der Waals surface area contributed by atoms with Crippen molar-refractivity contribution in [3.8, 4) is 0 Å². The van der Waals surface area contributed by atoms with Gasteiger partial charge in [0.2, 0.25) is 0 Å². The van der Waals surface area contributed by atoms with Gasteiger partial charge in [0.1, 0.15) is 5.58 Å². The quantitative estimate of drug-likeness (QED) is 0.866. The zero-order chi connectivity index (χ0) is 11.1. The Morgan fingerprint density at radius 2 is 2.31 bits per heavy atom. The molecule has 2 nitrogen and oxygen atoms in total. The molecule has 84 valence electrons. The highest BCUT2D eigenvalue weighted by Gasteiger charge is 2.25. The molecule has 0 fully saturated rings. The van der Waals surface area contributed by atoms with Crippen LogP contribution in [0.3, 0.4) is 0 Å². The number of hydrogen-bond acceptors (Lipinski definition) is 2. The smallest absolute Gasteiger partial charge is 0.134 e. The Hall–Kier alpha value is -0.990. The van der Waals surface area contributed by atoms with Crippen LogP contribution in [0.15, 0.2) is 22.8 Å². The molecule has 3 rings (SSSR count). The van der Waals surface area contributed by atoms with E-state index in [1.54, 1.807) is 0 Å². The first-order chi connectivity index (χ1) is 7.81. The van der Waals surface area contributed by atoms with Gasteiger partial charge in [-0.25, -0.2) is 0 Å². The zero-order valence-electron chi connectivity index (χ0n) is 9.00. The molecule has 0 saturated carbocycles. The first kappa shape index (κ1) is 10.2. The van der Waals surface area contributed by atoms with Gasteiger partial charge in [-0.1, -0.05) is 11.6 Å². The van der Waals surface area contributed by atoms with Crippen LogP contribution in [0, 0.1) is 0 Å². The van der Waals surface area contributed by atoms with Gasteiger partial charge in [0.15, 0.2) is 0 Å². The van der Waals surface area contributed by atoms with Crippen molar-refractivity contribution in [2.45, 2.75) is 25.2 Å². The summed E-state index contributed by atoms with van der Waals surface area (Å²) in [7, 11) is 0. The third-order valence-electron chi connectivity index (χ3n) is 3.49. The summed E-state index contributed by atoms with van der Waals surface area (Å²) in [4.78, 5) is 0. The maximum atomic E-state index is 6.31. The Labute approximate surface area is 99.4 Å². The van der Waals surface area contributed by atoms with E-state index in [1.165, 1.54) is 16.5 Å². The van der Waals surface area contributed by atoms with Gasteiger partial charge < -0.3 is 10.2 Å². The third-order valence-corrected chi connectivity index (χ3v) is 3.82. The minimum atomic E-state index is 0.492. The number of nitrogens with two attached hydrogens (primary N) is 1. The van der Waals surface area contributed by atoms with Gasteiger partial charge in [-0.3, -0.25) is 0 Å². The molecule has 1 aliphatic rings. The van der Waals surface area contributed by atoms with Crippen LogP contribution in [-0.4, -0.2) is 6.54 Å². The minimum absolute atomic E-state index is 0.492. The van der Waals surface area contributed by atoms with Gasteiger partial charge in [0.05, 0.1) is 6.26 Å². The maximum Gasteiger partial charge on any atom is 0.134 e. The monoisotopic (exact) mass is 235 g/mol. The highest BCUT2D eigenvalue weighted by Crippen LogP contribution is 2.42. The minimum Gasteiger partial charge on any atom is -0.464 e. The van der Waals surface area contributed by atoms with E-state index in [2.05, 4.69) is 0 Å². The molecule has 1 unspecified atom stereocenters. The number of hydrogen-bond donors (Lipinski definition) is 1. The standard InChI is InChI=1S/C13H14ClNO/c14-10-3-4-11-13-9(7-16-11)2-1-8(5-6-15)12(10)13/h3-4,7-8H,1-2,5-6,15H2. The summed E-state index contributed by atoms with van der Waals surface area (Å²) < 4.78 is 5.55. The van der Waals surface area contributed by atoms with Gasteiger partial charge in [-0.15, -0.1) is 0 Å². The Balaban J connectivity index is 2.26. The van der Waals surface area contributed by atoms with Gasteiger partial charge in [0, 0.05) is 10.4 Å². The fraction of sp³-hybridized carbons (Fsp3) is 0.385. The molecule has 0 bridgehead atoms. The van der Waals surface area contributed by atoms with Crippen molar-refractivity contribution < 1.29 is 4.42 Å². The number of benzene rings is 1. The molecule has 1 atom stereocenters. The van der Waals surface area contributed by atoms with Crippen molar-refractivity contribution in [3.63, 3.8) is 0 Å². The van der Waals surface area contributed by atoms with Gasteiger partial charge in [-0.05, 0) is 55.0 Å². The average Bonchev–Trinajstić information content (AvgIpc) is 2.70. The van der Waals surface area contributed by atoms with Crippen LogP contribution in [0.1, 0.15) is 29.9 Å². The molecule has 0 spiro atoms. The third kappa shape index (κ3) is 1.37. The number of rotatable bonds is 2. The molecule has 0 amide bonds. The van der Waals surface area contributed by atoms with E-state index in [1.807, 2.05) is 18.4 Å². The number of aryl methyl sites for hydroxylation is 1. The van der Waals surface area contributed by atoms with Crippen LogP contribution in [0.5, 0.6) is 0 Å². The predicted octanol–water partition coefficient (Wildman–Crippen LogP) is 3.46. The molecule has 2 N–H and O–H groups in total. The largest absolute Gasteiger partial charge is 0.464 e. The molecule has 0 aliphatic heterocycles. The first-order valence-electron chi connectivity index (χ1n) is 5.70. The maximum absolute atomic E-state index is 6.31. The molecular formula is C13H14ClNO. The Morgan fingerprint density at radius 1 is 1.44 bits per heavy atom. The molecule has 1 aromatic carbocycles.